The summed E-state index contributed by atoms with van der Waals surface area (Å²) in [4.78, 5) is 32.0. The monoisotopic (exact) mass is 347 g/mol. The highest BCUT2D eigenvalue weighted by Gasteiger charge is 1.98. The number of aromatic nitrogens is 2. The summed E-state index contributed by atoms with van der Waals surface area (Å²) in [5.41, 5.74) is 2.23. The predicted molar refractivity (Wildman–Crippen MR) is 104 cm³/mol. The van der Waals surface area contributed by atoms with E-state index in [0.717, 1.165) is 17.7 Å². The number of aromatic amines is 2. The number of H-pyrrole nitrogens is 2. The van der Waals surface area contributed by atoms with Crippen LogP contribution >= 0.6 is 0 Å². The molecule has 0 radical (unpaired) electrons. The maximum absolute atomic E-state index is 12.3. The molecule has 0 unspecified atom stereocenters. The fourth-order valence-electron chi connectivity index (χ4n) is 2.66. The Bertz CT molecular complexity index is 1110. The molecule has 1 heterocycles. The molecule has 3 rings (SSSR count). The van der Waals surface area contributed by atoms with E-state index in [9.17, 15) is 9.59 Å². The van der Waals surface area contributed by atoms with E-state index in [2.05, 4.69) is 14.9 Å². The van der Waals surface area contributed by atoms with Crippen LogP contribution in [0.15, 0.2) is 64.2 Å². The highest BCUT2D eigenvalue weighted by atomic mass is 16.1. The lowest BCUT2D eigenvalue weighted by atomic mass is 10.1. The van der Waals surface area contributed by atoms with Gasteiger partial charge in [0.2, 0.25) is 0 Å². The van der Waals surface area contributed by atoms with Crippen LogP contribution in [0.4, 0.5) is 0 Å². The second-order valence-electron chi connectivity index (χ2n) is 6.41. The van der Waals surface area contributed by atoms with Crippen LogP contribution in [0.5, 0.6) is 0 Å². The van der Waals surface area contributed by atoms with E-state index in [0.29, 0.717) is 0 Å². The lowest BCUT2D eigenvalue weighted by Gasteiger charge is -2.09. The Morgan fingerprint density at radius 3 is 1.77 bits per heavy atom. The number of benzene rings is 2. The number of nitrogens with one attached hydrogen (secondary N) is 2. The molecule has 26 heavy (non-hydrogen) atoms. The lowest BCUT2D eigenvalue weighted by molar-refractivity contribution is 0.402. The van der Waals surface area contributed by atoms with Crippen molar-refractivity contribution in [2.45, 2.75) is 6.54 Å². The van der Waals surface area contributed by atoms with Crippen molar-refractivity contribution in [3.63, 3.8) is 0 Å². The van der Waals surface area contributed by atoms with Crippen LogP contribution < -0.4 is 21.8 Å². The molecule has 0 amide bonds. The van der Waals surface area contributed by atoms with Crippen LogP contribution in [-0.4, -0.2) is 29.0 Å². The van der Waals surface area contributed by atoms with Gasteiger partial charge in [-0.05, 0) is 42.9 Å². The Kier molecular flexibility index (Phi) is 5.29. The highest BCUT2D eigenvalue weighted by molar-refractivity contribution is 5.49. The number of hydrogen-bond acceptors (Lipinski definition) is 3. The summed E-state index contributed by atoms with van der Waals surface area (Å²) in [7, 11) is 4.02. The van der Waals surface area contributed by atoms with Gasteiger partial charge in [0, 0.05) is 6.54 Å². The van der Waals surface area contributed by atoms with E-state index in [1.807, 2.05) is 68.7 Å². The third-order valence-corrected chi connectivity index (χ3v) is 3.89. The van der Waals surface area contributed by atoms with Crippen LogP contribution in [0.2, 0.25) is 0 Å². The summed E-state index contributed by atoms with van der Waals surface area (Å²) in [6, 6.07) is 17.3. The molecular formula is C21H21N3O2. The molecule has 5 heteroatoms. The average molecular weight is 347 g/mol. The predicted octanol–water partition coefficient (Wildman–Crippen LogP) is 0.782. The number of nitrogens with zero attached hydrogens (tertiary/aromatic N) is 1. The van der Waals surface area contributed by atoms with E-state index in [-0.39, 0.29) is 21.8 Å². The van der Waals surface area contributed by atoms with Gasteiger partial charge in [0.1, 0.15) is 10.7 Å². The fourth-order valence-corrected chi connectivity index (χ4v) is 2.66. The van der Waals surface area contributed by atoms with Crippen LogP contribution in [0, 0.1) is 0 Å². The molecule has 1 aromatic heterocycles. The van der Waals surface area contributed by atoms with Crippen molar-refractivity contribution in [2.24, 2.45) is 0 Å². The summed E-state index contributed by atoms with van der Waals surface area (Å²) in [5, 5.41) is 0.472. The van der Waals surface area contributed by atoms with E-state index in [1.165, 1.54) is 5.56 Å². The summed E-state index contributed by atoms with van der Waals surface area (Å²) >= 11 is 0. The summed E-state index contributed by atoms with van der Waals surface area (Å²) in [6.07, 6.45) is 3.33. The van der Waals surface area contributed by atoms with Crippen molar-refractivity contribution in [3.05, 3.63) is 103 Å². The largest absolute Gasteiger partial charge is 0.316 e. The fraction of sp³-hybridized carbons (Fsp3) is 0.143. The molecule has 0 saturated carbocycles. The van der Waals surface area contributed by atoms with Crippen molar-refractivity contribution >= 4 is 12.2 Å². The molecule has 2 aromatic carbocycles. The van der Waals surface area contributed by atoms with Gasteiger partial charge in [-0.25, -0.2) is 0 Å². The van der Waals surface area contributed by atoms with Gasteiger partial charge in [-0.1, -0.05) is 54.6 Å². The Morgan fingerprint density at radius 1 is 0.769 bits per heavy atom. The van der Waals surface area contributed by atoms with Gasteiger partial charge in [0.25, 0.3) is 11.1 Å². The van der Waals surface area contributed by atoms with E-state index in [4.69, 9.17) is 0 Å². The van der Waals surface area contributed by atoms with Crippen LogP contribution in [-0.2, 0) is 6.54 Å². The molecule has 0 saturated heterocycles. The summed E-state index contributed by atoms with van der Waals surface area (Å²) in [6.45, 7) is 0.849. The minimum Gasteiger partial charge on any atom is -0.316 e. The normalized spacial score (nSPS) is 12.7. The van der Waals surface area contributed by atoms with Crippen molar-refractivity contribution in [2.75, 3.05) is 14.1 Å². The number of rotatable bonds is 4. The molecule has 0 atom stereocenters. The van der Waals surface area contributed by atoms with Gasteiger partial charge in [0.15, 0.2) is 0 Å². The zero-order valence-corrected chi connectivity index (χ0v) is 14.8. The Morgan fingerprint density at radius 2 is 1.27 bits per heavy atom. The SMILES string of the molecule is CN(C)Cc1ccc(/C=c2\[nH]c(=O)/c(=C/c3ccccc3)[nH]c2=O)cc1. The molecular weight excluding hydrogens is 326 g/mol. The van der Waals surface area contributed by atoms with Crippen molar-refractivity contribution in [1.29, 1.82) is 0 Å². The van der Waals surface area contributed by atoms with Gasteiger partial charge in [-0.15, -0.1) is 0 Å². The molecule has 0 aliphatic rings. The first-order chi connectivity index (χ1) is 12.5. The van der Waals surface area contributed by atoms with Crippen LogP contribution in [0.25, 0.3) is 12.2 Å². The molecule has 132 valence electrons. The molecule has 0 aliphatic carbocycles. The third-order valence-electron chi connectivity index (χ3n) is 3.89. The van der Waals surface area contributed by atoms with Crippen molar-refractivity contribution < 1.29 is 0 Å². The van der Waals surface area contributed by atoms with Crippen LogP contribution in [0.1, 0.15) is 16.7 Å². The smallest absolute Gasteiger partial charge is 0.272 e. The molecule has 0 bridgehead atoms. The van der Waals surface area contributed by atoms with Gasteiger partial charge >= 0.3 is 0 Å². The molecule has 3 aromatic rings. The molecule has 0 aliphatic heterocycles. The van der Waals surface area contributed by atoms with Crippen molar-refractivity contribution in [3.8, 4) is 0 Å². The maximum atomic E-state index is 12.3. The van der Waals surface area contributed by atoms with Gasteiger partial charge in [-0.3, -0.25) is 9.59 Å². The topological polar surface area (TPSA) is 69.0 Å². The quantitative estimate of drug-likeness (QED) is 0.733. The third kappa shape index (κ3) is 4.46. The Labute approximate surface area is 151 Å². The second-order valence-corrected chi connectivity index (χ2v) is 6.41. The van der Waals surface area contributed by atoms with Gasteiger partial charge < -0.3 is 14.9 Å². The zero-order chi connectivity index (χ0) is 18.5. The standard InChI is InChI=1S/C21H21N3O2/c1-24(2)14-17-10-8-16(9-11-17)13-19-21(26)22-18(20(25)23-19)12-15-6-4-3-5-7-15/h3-13H,14H2,1-2H3,(H,22,26)(H,23,25)/b18-12-,19-13-. The zero-order valence-electron chi connectivity index (χ0n) is 14.8. The molecule has 2 N–H and O–H groups in total. The van der Waals surface area contributed by atoms with Crippen LogP contribution in [0.3, 0.4) is 0 Å². The van der Waals surface area contributed by atoms with E-state index in [1.54, 1.807) is 12.2 Å². The summed E-state index contributed by atoms with van der Waals surface area (Å²) < 4.78 is 0. The Balaban J connectivity index is 1.98. The minimum atomic E-state index is -0.330. The Hall–Kier alpha value is -3.18. The van der Waals surface area contributed by atoms with E-state index >= 15 is 0 Å². The first-order valence-electron chi connectivity index (χ1n) is 8.36. The second kappa shape index (κ2) is 7.80. The van der Waals surface area contributed by atoms with Gasteiger partial charge in [-0.2, -0.15) is 0 Å². The molecule has 0 spiro atoms. The average Bonchev–Trinajstić information content (AvgIpc) is 2.61. The van der Waals surface area contributed by atoms with Crippen molar-refractivity contribution in [1.82, 2.24) is 14.9 Å². The highest BCUT2D eigenvalue weighted by Crippen LogP contribution is 2.06. The molecule has 0 fully saturated rings. The number of hydrogen-bond donors (Lipinski definition) is 2. The van der Waals surface area contributed by atoms with E-state index < -0.39 is 0 Å². The maximum Gasteiger partial charge on any atom is 0.272 e. The first kappa shape index (κ1) is 17.6. The molecule has 5 nitrogen and oxygen atoms in total. The van der Waals surface area contributed by atoms with Gasteiger partial charge in [0.05, 0.1) is 0 Å². The lowest BCUT2D eigenvalue weighted by Crippen LogP contribution is -2.46. The summed E-state index contributed by atoms with van der Waals surface area (Å²) in [5.74, 6) is 0. The first-order valence-corrected chi connectivity index (χ1v) is 8.36. The minimum absolute atomic E-state index is 0.236.